The van der Waals surface area contributed by atoms with Crippen molar-refractivity contribution < 1.29 is 20.0 Å². The molecule has 0 heterocycles. The van der Waals surface area contributed by atoms with Gasteiger partial charge < -0.3 is 0 Å². The second-order valence-corrected chi connectivity index (χ2v) is 2.01. The Morgan fingerprint density at radius 2 is 1.75 bits per heavy atom. The molecule has 0 aromatic heterocycles. The molecule has 0 unspecified atom stereocenters. The third kappa shape index (κ3) is 1.39. The topological polar surface area (TPSA) is 0 Å². The van der Waals surface area contributed by atoms with Crippen molar-refractivity contribution in [3.8, 4) is 0 Å². The van der Waals surface area contributed by atoms with Crippen LogP contribution in [0.15, 0.2) is 30.3 Å². The molecule has 0 saturated heterocycles. The van der Waals surface area contributed by atoms with Crippen LogP contribution in [0.5, 0.6) is 0 Å². The Bertz CT molecular complexity index is 167. The Morgan fingerprint density at radius 3 is 2.12 bits per heavy atom. The molecule has 1 rings (SSSR count). The van der Waals surface area contributed by atoms with Gasteiger partial charge in [-0.25, -0.2) is 0 Å². The van der Waals surface area contributed by atoms with E-state index in [4.69, 9.17) is 0 Å². The fourth-order valence-corrected chi connectivity index (χ4v) is 0.850. The van der Waals surface area contributed by atoms with E-state index in [9.17, 15) is 0 Å². The van der Waals surface area contributed by atoms with E-state index in [1.54, 1.807) is 0 Å². The van der Waals surface area contributed by atoms with Gasteiger partial charge in [-0.05, 0) is 0 Å². The molecule has 0 N–H and O–H groups in total. The first kappa shape index (κ1) is 5.93. The van der Waals surface area contributed by atoms with Gasteiger partial charge in [0.1, 0.15) is 0 Å². The summed E-state index contributed by atoms with van der Waals surface area (Å²) in [5, 5.41) is 0. The summed E-state index contributed by atoms with van der Waals surface area (Å²) in [6, 6.07) is 10.3. The first-order valence-corrected chi connectivity index (χ1v) is 3.39. The average Bonchev–Trinajstić information content (AvgIpc) is 1.90. The molecular formula is C7H6Ti. The third-order valence-corrected chi connectivity index (χ3v) is 1.49. The zero-order valence-electron chi connectivity index (χ0n) is 4.46. The van der Waals surface area contributed by atoms with Gasteiger partial charge in [0.2, 0.25) is 0 Å². The molecule has 38 valence electrons. The Kier molecular flexibility index (Phi) is 2.19. The van der Waals surface area contributed by atoms with Crippen molar-refractivity contribution in [1.29, 1.82) is 0 Å². The molecule has 1 aromatic carbocycles. The van der Waals surface area contributed by atoms with Crippen LogP contribution in [-0.2, 0) is 20.0 Å². The van der Waals surface area contributed by atoms with Crippen molar-refractivity contribution in [3.63, 3.8) is 0 Å². The molecular weight excluding hydrogens is 132 g/mol. The zero-order valence-corrected chi connectivity index (χ0v) is 6.03. The van der Waals surface area contributed by atoms with E-state index in [0.29, 0.717) is 0 Å². The maximum atomic E-state index is 2.08. The fourth-order valence-electron chi connectivity index (χ4n) is 0.549. The van der Waals surface area contributed by atoms with Gasteiger partial charge >= 0.3 is 60.2 Å². The monoisotopic (exact) mass is 138 g/mol. The standard InChI is InChI=1S/C7H6.Ti/c1-7-5-3-2-4-6-7;/h1-6H;. The summed E-state index contributed by atoms with van der Waals surface area (Å²) in [6.45, 7) is 0. The molecule has 8 heavy (non-hydrogen) atoms. The van der Waals surface area contributed by atoms with E-state index in [-0.39, 0.29) is 0 Å². The molecule has 0 aliphatic heterocycles. The minimum atomic E-state index is 1.28. The summed E-state index contributed by atoms with van der Waals surface area (Å²) in [6.07, 6.45) is 0. The van der Waals surface area contributed by atoms with E-state index in [2.05, 4.69) is 16.4 Å². The molecule has 0 radical (unpaired) electrons. The Hall–Kier alpha value is -0.196. The van der Waals surface area contributed by atoms with Crippen LogP contribution in [-0.4, -0.2) is 4.31 Å². The molecule has 0 aliphatic rings. The first-order chi connectivity index (χ1) is 3.93. The van der Waals surface area contributed by atoms with Crippen molar-refractivity contribution in [1.82, 2.24) is 0 Å². The Labute approximate surface area is 60.4 Å². The third-order valence-electron chi connectivity index (χ3n) is 0.966. The summed E-state index contributed by atoms with van der Waals surface area (Å²) in [5.41, 5.74) is 1.28. The van der Waals surface area contributed by atoms with Crippen LogP contribution in [0.2, 0.25) is 0 Å². The van der Waals surface area contributed by atoms with Crippen LogP contribution in [0.4, 0.5) is 0 Å². The molecule has 0 bridgehead atoms. The maximum absolute atomic E-state index is 2.08. The van der Waals surface area contributed by atoms with Crippen LogP contribution in [0, 0.1) is 0 Å². The Balaban J connectivity index is 2.99. The minimum absolute atomic E-state index is 1.28. The van der Waals surface area contributed by atoms with Crippen LogP contribution >= 0.6 is 0 Å². The summed E-state index contributed by atoms with van der Waals surface area (Å²) < 4.78 is 2.08. The van der Waals surface area contributed by atoms with E-state index >= 15 is 0 Å². The van der Waals surface area contributed by atoms with Crippen LogP contribution in [0.3, 0.4) is 0 Å². The SMILES string of the molecule is [Ti]=[CH]c1ccccc1. The van der Waals surface area contributed by atoms with E-state index < -0.39 is 0 Å². The van der Waals surface area contributed by atoms with Gasteiger partial charge in [0.15, 0.2) is 0 Å². The summed E-state index contributed by atoms with van der Waals surface area (Å²) in [7, 11) is 0. The van der Waals surface area contributed by atoms with Crippen molar-refractivity contribution in [3.05, 3.63) is 35.9 Å². The van der Waals surface area contributed by atoms with Gasteiger partial charge in [-0.3, -0.25) is 0 Å². The van der Waals surface area contributed by atoms with E-state index in [1.807, 2.05) is 38.2 Å². The fraction of sp³-hybridized carbons (Fsp3) is 0. The molecule has 1 heteroatoms. The molecule has 0 aliphatic carbocycles. The van der Waals surface area contributed by atoms with Crippen molar-refractivity contribution in [2.45, 2.75) is 0 Å². The van der Waals surface area contributed by atoms with Gasteiger partial charge in [0.05, 0.1) is 0 Å². The molecule has 1 aromatic rings. The van der Waals surface area contributed by atoms with Crippen molar-refractivity contribution >= 4 is 4.31 Å². The normalized spacial score (nSPS) is 8.38. The van der Waals surface area contributed by atoms with Gasteiger partial charge in [-0.2, -0.15) is 0 Å². The molecule has 0 fully saturated rings. The summed E-state index contributed by atoms with van der Waals surface area (Å²) in [4.78, 5) is 0. The van der Waals surface area contributed by atoms with E-state index in [1.165, 1.54) is 5.56 Å². The number of hydrogen-bond donors (Lipinski definition) is 0. The van der Waals surface area contributed by atoms with Crippen molar-refractivity contribution in [2.24, 2.45) is 0 Å². The average molecular weight is 138 g/mol. The number of rotatable bonds is 1. The second-order valence-electron chi connectivity index (χ2n) is 1.56. The molecule has 0 amide bonds. The van der Waals surface area contributed by atoms with Crippen LogP contribution in [0.25, 0.3) is 0 Å². The molecule has 0 atom stereocenters. The van der Waals surface area contributed by atoms with Crippen molar-refractivity contribution in [2.75, 3.05) is 0 Å². The van der Waals surface area contributed by atoms with Crippen LogP contribution in [0.1, 0.15) is 5.56 Å². The predicted molar refractivity (Wildman–Crippen MR) is 31.6 cm³/mol. The molecule has 0 saturated carbocycles. The summed E-state index contributed by atoms with van der Waals surface area (Å²) in [5.74, 6) is 0. The quantitative estimate of drug-likeness (QED) is 0.514. The van der Waals surface area contributed by atoms with Gasteiger partial charge in [-0.15, -0.1) is 0 Å². The first-order valence-electron chi connectivity index (χ1n) is 2.49. The molecule has 0 nitrogen and oxygen atoms in total. The number of benzene rings is 1. The second kappa shape index (κ2) is 2.96. The summed E-state index contributed by atoms with van der Waals surface area (Å²) >= 11 is 2.04. The van der Waals surface area contributed by atoms with Gasteiger partial charge in [0, 0.05) is 0 Å². The van der Waals surface area contributed by atoms with Gasteiger partial charge in [-0.1, -0.05) is 0 Å². The Morgan fingerprint density at radius 1 is 1.12 bits per heavy atom. The van der Waals surface area contributed by atoms with Gasteiger partial charge in [0.25, 0.3) is 0 Å². The predicted octanol–water partition coefficient (Wildman–Crippen LogP) is 1.38. The van der Waals surface area contributed by atoms with Crippen LogP contribution < -0.4 is 0 Å². The molecule has 0 spiro atoms. The van der Waals surface area contributed by atoms with E-state index in [0.717, 1.165) is 0 Å². The number of hydrogen-bond acceptors (Lipinski definition) is 0. The zero-order chi connectivity index (χ0) is 5.82.